The van der Waals surface area contributed by atoms with Gasteiger partial charge in [-0.15, -0.1) is 6.42 Å². The molecule has 13 heavy (non-hydrogen) atoms. The maximum absolute atomic E-state index is 10.5. The first-order chi connectivity index (χ1) is 6.25. The van der Waals surface area contributed by atoms with Crippen LogP contribution in [-0.4, -0.2) is 11.5 Å². The summed E-state index contributed by atoms with van der Waals surface area (Å²) in [5.41, 5.74) is -0.0715. The summed E-state index contributed by atoms with van der Waals surface area (Å²) in [4.78, 5) is 9.95. The van der Waals surface area contributed by atoms with E-state index in [0.29, 0.717) is 0 Å². The maximum atomic E-state index is 10.5. The second-order valence-electron chi connectivity index (χ2n) is 2.22. The van der Waals surface area contributed by atoms with Gasteiger partial charge in [0.2, 0.25) is 0 Å². The van der Waals surface area contributed by atoms with Gasteiger partial charge in [0, 0.05) is 6.07 Å². The lowest BCUT2D eigenvalue weighted by molar-refractivity contribution is -0.385. The minimum Gasteiger partial charge on any atom is -0.474 e. The number of para-hydroxylation sites is 2. The summed E-state index contributed by atoms with van der Waals surface area (Å²) in [6.45, 7) is 0.0326. The van der Waals surface area contributed by atoms with Crippen molar-refractivity contribution < 1.29 is 9.66 Å². The van der Waals surface area contributed by atoms with Crippen molar-refractivity contribution in [3.63, 3.8) is 0 Å². The van der Waals surface area contributed by atoms with Crippen LogP contribution in [0.5, 0.6) is 5.75 Å². The summed E-state index contributed by atoms with van der Waals surface area (Å²) in [5, 5.41) is 10.5. The van der Waals surface area contributed by atoms with Gasteiger partial charge in [0.05, 0.1) is 4.92 Å². The topological polar surface area (TPSA) is 52.4 Å². The molecule has 1 aromatic rings. The fourth-order valence-electron chi connectivity index (χ4n) is 0.849. The van der Waals surface area contributed by atoms with E-state index in [9.17, 15) is 10.1 Å². The molecule has 0 atom stereocenters. The average Bonchev–Trinajstić information content (AvgIpc) is 2.15. The van der Waals surface area contributed by atoms with E-state index in [-0.39, 0.29) is 18.0 Å². The highest BCUT2D eigenvalue weighted by Gasteiger charge is 2.12. The number of ether oxygens (including phenoxy) is 1. The first-order valence-electron chi connectivity index (χ1n) is 3.55. The molecule has 0 aliphatic rings. The van der Waals surface area contributed by atoms with Crippen molar-refractivity contribution >= 4 is 5.69 Å². The van der Waals surface area contributed by atoms with Crippen LogP contribution in [0.3, 0.4) is 0 Å². The number of hydrogen-bond acceptors (Lipinski definition) is 3. The second-order valence-corrected chi connectivity index (χ2v) is 2.22. The van der Waals surface area contributed by atoms with E-state index in [2.05, 4.69) is 5.92 Å². The maximum Gasteiger partial charge on any atom is 0.310 e. The molecule has 0 saturated heterocycles. The molecule has 4 heteroatoms. The molecule has 1 aromatic carbocycles. The fourth-order valence-corrected chi connectivity index (χ4v) is 0.849. The molecule has 0 heterocycles. The van der Waals surface area contributed by atoms with Gasteiger partial charge in [-0.3, -0.25) is 10.1 Å². The predicted molar refractivity (Wildman–Crippen MR) is 47.4 cm³/mol. The molecule has 1 rings (SSSR count). The molecule has 0 unspecified atom stereocenters. The van der Waals surface area contributed by atoms with Gasteiger partial charge in [-0.05, 0) is 6.07 Å². The van der Waals surface area contributed by atoms with Crippen molar-refractivity contribution in [1.82, 2.24) is 0 Å². The van der Waals surface area contributed by atoms with Crippen LogP contribution in [0.2, 0.25) is 0 Å². The number of nitro benzene ring substituents is 1. The summed E-state index contributed by atoms with van der Waals surface area (Å²) >= 11 is 0. The van der Waals surface area contributed by atoms with Gasteiger partial charge in [-0.25, -0.2) is 0 Å². The number of benzene rings is 1. The predicted octanol–water partition coefficient (Wildman–Crippen LogP) is 1.61. The molecule has 66 valence electrons. The van der Waals surface area contributed by atoms with Crippen molar-refractivity contribution in [1.29, 1.82) is 0 Å². The highest BCUT2D eigenvalue weighted by atomic mass is 16.6. The quantitative estimate of drug-likeness (QED) is 0.400. The molecule has 0 N–H and O–H groups in total. The van der Waals surface area contributed by atoms with Crippen LogP contribution in [0.1, 0.15) is 0 Å². The third-order valence-electron chi connectivity index (χ3n) is 1.37. The summed E-state index contributed by atoms with van der Waals surface area (Å²) in [5.74, 6) is 2.44. The van der Waals surface area contributed by atoms with E-state index in [1.54, 1.807) is 12.1 Å². The second kappa shape index (κ2) is 4.12. The first-order valence-corrected chi connectivity index (χ1v) is 3.55. The Bertz CT molecular complexity index is 354. The standard InChI is InChI=1S/C9H7NO3/c1-2-7-13-9-6-4-3-5-8(9)10(11)12/h1,3-6H,7H2. The minimum atomic E-state index is -0.508. The third-order valence-corrected chi connectivity index (χ3v) is 1.37. The van der Waals surface area contributed by atoms with Gasteiger partial charge in [0.1, 0.15) is 6.61 Å². The number of hydrogen-bond donors (Lipinski definition) is 0. The molecule has 0 aromatic heterocycles. The van der Waals surface area contributed by atoms with E-state index in [4.69, 9.17) is 11.2 Å². The number of nitrogens with zero attached hydrogens (tertiary/aromatic N) is 1. The van der Waals surface area contributed by atoms with Crippen LogP contribution >= 0.6 is 0 Å². The average molecular weight is 177 g/mol. The van der Waals surface area contributed by atoms with Crippen LogP contribution in [0.25, 0.3) is 0 Å². The lowest BCUT2D eigenvalue weighted by Crippen LogP contribution is -1.97. The van der Waals surface area contributed by atoms with Crippen LogP contribution in [-0.2, 0) is 0 Å². The monoisotopic (exact) mass is 177 g/mol. The Morgan fingerprint density at radius 3 is 2.85 bits per heavy atom. The molecular formula is C9H7NO3. The lowest BCUT2D eigenvalue weighted by atomic mass is 10.3. The van der Waals surface area contributed by atoms with Gasteiger partial charge >= 0.3 is 5.69 Å². The van der Waals surface area contributed by atoms with Crippen molar-refractivity contribution in [3.8, 4) is 18.1 Å². The van der Waals surface area contributed by atoms with E-state index < -0.39 is 4.92 Å². The van der Waals surface area contributed by atoms with E-state index >= 15 is 0 Å². The molecule has 0 saturated carbocycles. The SMILES string of the molecule is C#CCOc1ccccc1[N+](=O)[O-]. The van der Waals surface area contributed by atoms with Gasteiger partial charge in [-0.2, -0.15) is 0 Å². The van der Waals surface area contributed by atoms with Crippen LogP contribution in [0.15, 0.2) is 24.3 Å². The molecule has 0 aliphatic heterocycles. The zero-order chi connectivity index (χ0) is 9.68. The Morgan fingerprint density at radius 1 is 1.54 bits per heavy atom. The Balaban J connectivity index is 2.92. The third kappa shape index (κ3) is 2.20. The zero-order valence-electron chi connectivity index (χ0n) is 6.77. The molecule has 0 spiro atoms. The Kier molecular flexibility index (Phi) is 2.87. The zero-order valence-corrected chi connectivity index (χ0v) is 6.77. The Labute approximate surface area is 75.3 Å². The molecule has 0 bridgehead atoms. The summed E-state index contributed by atoms with van der Waals surface area (Å²) in [6, 6.07) is 6.10. The molecule has 4 nitrogen and oxygen atoms in total. The number of nitro groups is 1. The molecule has 0 amide bonds. The van der Waals surface area contributed by atoms with E-state index in [1.807, 2.05) is 0 Å². The van der Waals surface area contributed by atoms with Crippen molar-refractivity contribution in [3.05, 3.63) is 34.4 Å². The van der Waals surface area contributed by atoms with Gasteiger partial charge in [0.25, 0.3) is 0 Å². The number of rotatable bonds is 3. The highest BCUT2D eigenvalue weighted by Crippen LogP contribution is 2.25. The lowest BCUT2D eigenvalue weighted by Gasteiger charge is -2.01. The molecular weight excluding hydrogens is 170 g/mol. The van der Waals surface area contributed by atoms with Crippen LogP contribution < -0.4 is 4.74 Å². The van der Waals surface area contributed by atoms with Gasteiger partial charge < -0.3 is 4.74 Å². The van der Waals surface area contributed by atoms with Crippen LogP contribution in [0, 0.1) is 22.5 Å². The van der Waals surface area contributed by atoms with Gasteiger partial charge in [-0.1, -0.05) is 18.1 Å². The van der Waals surface area contributed by atoms with E-state index in [1.165, 1.54) is 12.1 Å². The largest absolute Gasteiger partial charge is 0.474 e. The summed E-state index contributed by atoms with van der Waals surface area (Å²) in [6.07, 6.45) is 4.96. The fraction of sp³-hybridized carbons (Fsp3) is 0.111. The van der Waals surface area contributed by atoms with Crippen molar-refractivity contribution in [2.75, 3.05) is 6.61 Å². The number of terminal acetylenes is 1. The Morgan fingerprint density at radius 2 is 2.23 bits per heavy atom. The van der Waals surface area contributed by atoms with E-state index in [0.717, 1.165) is 0 Å². The normalized spacial score (nSPS) is 8.85. The first kappa shape index (κ1) is 9.07. The van der Waals surface area contributed by atoms with Crippen molar-refractivity contribution in [2.24, 2.45) is 0 Å². The molecule has 0 radical (unpaired) electrons. The highest BCUT2D eigenvalue weighted by molar-refractivity contribution is 5.45. The Hall–Kier alpha value is -2.02. The molecule has 0 aliphatic carbocycles. The summed E-state index contributed by atoms with van der Waals surface area (Å²) in [7, 11) is 0. The van der Waals surface area contributed by atoms with Crippen LogP contribution in [0.4, 0.5) is 5.69 Å². The molecule has 0 fully saturated rings. The van der Waals surface area contributed by atoms with Gasteiger partial charge in [0.15, 0.2) is 5.75 Å². The summed E-state index contributed by atoms with van der Waals surface area (Å²) < 4.78 is 4.97. The minimum absolute atomic E-state index is 0.0326. The van der Waals surface area contributed by atoms with Crippen molar-refractivity contribution in [2.45, 2.75) is 0 Å². The smallest absolute Gasteiger partial charge is 0.310 e.